The molecule has 3 aromatic rings. The number of halogens is 2. The zero-order chi connectivity index (χ0) is 21.8. The first-order valence-electron chi connectivity index (χ1n) is 9.34. The number of carbonyl (C=O) groups excluding carboxylic acids is 1. The Kier molecular flexibility index (Phi) is 6.62. The maximum atomic E-state index is 13.1. The molecule has 0 spiro atoms. The Morgan fingerprint density at radius 2 is 1.90 bits per heavy atom. The number of hydrogen-bond acceptors (Lipinski definition) is 4. The summed E-state index contributed by atoms with van der Waals surface area (Å²) in [7, 11) is 3.15. The molecule has 1 N–H and O–H groups in total. The van der Waals surface area contributed by atoms with Crippen LogP contribution < -0.4 is 14.8 Å². The van der Waals surface area contributed by atoms with Gasteiger partial charge in [-0.15, -0.1) is 0 Å². The lowest BCUT2D eigenvalue weighted by Gasteiger charge is -2.18. The van der Waals surface area contributed by atoms with Gasteiger partial charge >= 0.3 is 0 Å². The molecular formula is C22H23ClFN3O3. The Balaban J connectivity index is 1.82. The second kappa shape index (κ2) is 9.17. The minimum absolute atomic E-state index is 0.221. The molecule has 0 saturated heterocycles. The highest BCUT2D eigenvalue weighted by molar-refractivity contribution is 6.33. The van der Waals surface area contributed by atoms with E-state index < -0.39 is 0 Å². The molecule has 3 rings (SSSR count). The molecule has 1 amide bonds. The third-order valence-corrected chi connectivity index (χ3v) is 5.17. The SMILES string of the molecule is COc1ccc(OC)c(C(C)NC(=O)c2c(C)nn(Cc3ccc(F)cc3)c2Cl)c1. The summed E-state index contributed by atoms with van der Waals surface area (Å²) in [5.41, 5.74) is 2.40. The van der Waals surface area contributed by atoms with E-state index in [9.17, 15) is 9.18 Å². The summed E-state index contributed by atoms with van der Waals surface area (Å²) >= 11 is 6.46. The second-order valence-corrected chi connectivity index (χ2v) is 7.20. The fourth-order valence-corrected chi connectivity index (χ4v) is 3.52. The topological polar surface area (TPSA) is 65.4 Å². The third-order valence-electron chi connectivity index (χ3n) is 4.79. The van der Waals surface area contributed by atoms with Crippen LogP contribution in [0.15, 0.2) is 42.5 Å². The minimum Gasteiger partial charge on any atom is -0.497 e. The molecule has 1 aromatic heterocycles. The standard InChI is InChI=1S/C22H23ClFN3O3/c1-13(18-11-17(29-3)9-10-19(18)30-4)25-22(28)20-14(2)26-27(21(20)23)12-15-5-7-16(24)8-6-15/h5-11,13H,12H2,1-4H3,(H,25,28). The number of carbonyl (C=O) groups is 1. The van der Waals surface area contributed by atoms with Gasteiger partial charge in [0.2, 0.25) is 0 Å². The van der Waals surface area contributed by atoms with Crippen LogP contribution in [0.2, 0.25) is 5.15 Å². The average molecular weight is 432 g/mol. The molecule has 2 aromatic carbocycles. The van der Waals surface area contributed by atoms with Crippen molar-refractivity contribution in [3.8, 4) is 11.5 Å². The van der Waals surface area contributed by atoms with Gasteiger partial charge in [-0.05, 0) is 49.7 Å². The van der Waals surface area contributed by atoms with E-state index in [2.05, 4.69) is 10.4 Å². The molecule has 0 aliphatic heterocycles. The van der Waals surface area contributed by atoms with Gasteiger partial charge in [-0.3, -0.25) is 4.79 Å². The predicted octanol–water partition coefficient (Wildman–Crippen LogP) is 4.54. The average Bonchev–Trinajstić information content (AvgIpc) is 3.01. The van der Waals surface area contributed by atoms with Crippen LogP contribution in [0.4, 0.5) is 4.39 Å². The molecule has 158 valence electrons. The normalized spacial score (nSPS) is 11.8. The van der Waals surface area contributed by atoms with Crippen LogP contribution in [-0.2, 0) is 6.54 Å². The van der Waals surface area contributed by atoms with Gasteiger partial charge in [0, 0.05) is 5.56 Å². The van der Waals surface area contributed by atoms with Crippen molar-refractivity contribution in [3.05, 3.63) is 75.8 Å². The summed E-state index contributed by atoms with van der Waals surface area (Å²) in [5, 5.41) is 7.54. The van der Waals surface area contributed by atoms with E-state index in [4.69, 9.17) is 21.1 Å². The van der Waals surface area contributed by atoms with E-state index in [0.29, 0.717) is 29.3 Å². The van der Waals surface area contributed by atoms with E-state index in [1.165, 1.54) is 16.8 Å². The van der Waals surface area contributed by atoms with Crippen molar-refractivity contribution in [1.82, 2.24) is 15.1 Å². The summed E-state index contributed by atoms with van der Waals surface area (Å²) in [6.07, 6.45) is 0. The van der Waals surface area contributed by atoms with Gasteiger partial charge in [0.15, 0.2) is 0 Å². The van der Waals surface area contributed by atoms with Crippen molar-refractivity contribution in [2.45, 2.75) is 26.4 Å². The Morgan fingerprint density at radius 3 is 2.53 bits per heavy atom. The quantitative estimate of drug-likeness (QED) is 0.596. The maximum absolute atomic E-state index is 13.1. The van der Waals surface area contributed by atoms with Gasteiger partial charge in [0.25, 0.3) is 5.91 Å². The van der Waals surface area contributed by atoms with Crippen molar-refractivity contribution < 1.29 is 18.7 Å². The van der Waals surface area contributed by atoms with E-state index >= 15 is 0 Å². The molecule has 0 bridgehead atoms. The predicted molar refractivity (Wildman–Crippen MR) is 113 cm³/mol. The van der Waals surface area contributed by atoms with Crippen molar-refractivity contribution in [3.63, 3.8) is 0 Å². The second-order valence-electron chi connectivity index (χ2n) is 6.84. The van der Waals surface area contributed by atoms with Crippen molar-refractivity contribution >= 4 is 17.5 Å². The Labute approximate surface area is 179 Å². The first kappa shape index (κ1) is 21.6. The third kappa shape index (κ3) is 4.57. The number of rotatable bonds is 7. The Bertz CT molecular complexity index is 1050. The first-order chi connectivity index (χ1) is 14.3. The fourth-order valence-electron chi connectivity index (χ4n) is 3.20. The largest absolute Gasteiger partial charge is 0.497 e. The molecule has 30 heavy (non-hydrogen) atoms. The first-order valence-corrected chi connectivity index (χ1v) is 9.72. The molecule has 0 aliphatic carbocycles. The van der Waals surface area contributed by atoms with E-state index in [-0.39, 0.29) is 22.9 Å². The van der Waals surface area contributed by atoms with Gasteiger partial charge in [0.05, 0.1) is 38.1 Å². The van der Waals surface area contributed by atoms with Crippen LogP contribution in [0.25, 0.3) is 0 Å². The summed E-state index contributed by atoms with van der Waals surface area (Å²) < 4.78 is 25.3. The molecule has 8 heteroatoms. The van der Waals surface area contributed by atoms with Gasteiger partial charge in [-0.2, -0.15) is 5.10 Å². The number of nitrogens with zero attached hydrogens (tertiary/aromatic N) is 2. The molecule has 0 fully saturated rings. The lowest BCUT2D eigenvalue weighted by atomic mass is 10.1. The van der Waals surface area contributed by atoms with Crippen LogP contribution in [0, 0.1) is 12.7 Å². The number of nitrogens with one attached hydrogen (secondary N) is 1. The number of aromatic nitrogens is 2. The number of ether oxygens (including phenoxy) is 2. The summed E-state index contributed by atoms with van der Waals surface area (Å²) in [5.74, 6) is 0.635. The smallest absolute Gasteiger partial charge is 0.256 e. The Morgan fingerprint density at radius 1 is 1.20 bits per heavy atom. The van der Waals surface area contributed by atoms with Gasteiger partial charge in [-0.25, -0.2) is 9.07 Å². The summed E-state index contributed by atoms with van der Waals surface area (Å²) in [4.78, 5) is 13.0. The molecule has 1 unspecified atom stereocenters. The zero-order valence-electron chi connectivity index (χ0n) is 17.2. The molecule has 0 radical (unpaired) electrons. The van der Waals surface area contributed by atoms with Crippen LogP contribution in [0.3, 0.4) is 0 Å². The van der Waals surface area contributed by atoms with Crippen molar-refractivity contribution in [2.75, 3.05) is 14.2 Å². The fraction of sp³-hybridized carbons (Fsp3) is 0.273. The van der Waals surface area contributed by atoms with E-state index in [0.717, 1.165) is 11.1 Å². The lowest BCUT2D eigenvalue weighted by molar-refractivity contribution is 0.0939. The number of aryl methyl sites for hydroxylation is 1. The summed E-state index contributed by atoms with van der Waals surface area (Å²) in [6.45, 7) is 3.90. The number of benzene rings is 2. The van der Waals surface area contributed by atoms with Gasteiger partial charge in [0.1, 0.15) is 22.5 Å². The molecule has 1 heterocycles. The highest BCUT2D eigenvalue weighted by atomic mass is 35.5. The molecule has 0 saturated carbocycles. The van der Waals surface area contributed by atoms with Crippen molar-refractivity contribution in [1.29, 1.82) is 0 Å². The van der Waals surface area contributed by atoms with Gasteiger partial charge in [-0.1, -0.05) is 23.7 Å². The van der Waals surface area contributed by atoms with Crippen molar-refractivity contribution in [2.24, 2.45) is 0 Å². The maximum Gasteiger partial charge on any atom is 0.256 e. The molecule has 0 aliphatic rings. The number of methoxy groups -OCH3 is 2. The lowest BCUT2D eigenvalue weighted by Crippen LogP contribution is -2.27. The highest BCUT2D eigenvalue weighted by Gasteiger charge is 2.23. The number of hydrogen-bond donors (Lipinski definition) is 1. The Hall–Kier alpha value is -3.06. The van der Waals surface area contributed by atoms with E-state index in [1.807, 2.05) is 13.0 Å². The van der Waals surface area contributed by atoms with Gasteiger partial charge < -0.3 is 14.8 Å². The monoisotopic (exact) mass is 431 g/mol. The van der Waals surface area contributed by atoms with E-state index in [1.54, 1.807) is 45.4 Å². The number of amides is 1. The zero-order valence-corrected chi connectivity index (χ0v) is 18.0. The van der Waals surface area contributed by atoms with Crippen LogP contribution in [0.5, 0.6) is 11.5 Å². The highest BCUT2D eigenvalue weighted by Crippen LogP contribution is 2.30. The molecule has 6 nitrogen and oxygen atoms in total. The van der Waals surface area contributed by atoms with Crippen LogP contribution in [-0.4, -0.2) is 29.9 Å². The van der Waals surface area contributed by atoms with Crippen LogP contribution in [0.1, 0.15) is 40.1 Å². The molecular weight excluding hydrogens is 409 g/mol. The van der Waals surface area contributed by atoms with Crippen LogP contribution >= 0.6 is 11.6 Å². The summed E-state index contributed by atoms with van der Waals surface area (Å²) in [6, 6.07) is 11.1. The molecule has 1 atom stereocenters. The minimum atomic E-state index is -0.363.